The maximum Gasteiger partial charge on any atom is 0.0670 e. The molecule has 1 aliphatic heterocycles. The van der Waals surface area contributed by atoms with E-state index < -0.39 is 0 Å². The monoisotopic (exact) mass is 268 g/mol. The number of nitrogens with one attached hydrogen (secondary N) is 1. The molecule has 2 aliphatic rings. The van der Waals surface area contributed by atoms with Crippen LogP contribution in [0.15, 0.2) is 0 Å². The molecule has 0 radical (unpaired) electrons. The van der Waals surface area contributed by atoms with Crippen molar-refractivity contribution in [2.24, 2.45) is 5.92 Å². The van der Waals surface area contributed by atoms with E-state index in [1.807, 2.05) is 7.11 Å². The summed E-state index contributed by atoms with van der Waals surface area (Å²) in [5.74, 6) is 0.775. The molecule has 0 aromatic heterocycles. The lowest BCUT2D eigenvalue weighted by molar-refractivity contribution is -0.00743. The fourth-order valence-electron chi connectivity index (χ4n) is 3.88. The van der Waals surface area contributed by atoms with Gasteiger partial charge in [0.2, 0.25) is 0 Å². The van der Waals surface area contributed by atoms with Gasteiger partial charge in [-0.1, -0.05) is 26.7 Å². The second-order valence-electron chi connectivity index (χ2n) is 7.09. The Balaban J connectivity index is 2.01. The fraction of sp³-hybridized carbons (Fsp3) is 1.00. The van der Waals surface area contributed by atoms with Crippen molar-refractivity contribution in [3.05, 3.63) is 0 Å². The third-order valence-electron chi connectivity index (χ3n) is 5.00. The topological polar surface area (TPSA) is 24.5 Å². The highest BCUT2D eigenvalue weighted by atomic mass is 16.5. The van der Waals surface area contributed by atoms with Crippen molar-refractivity contribution in [2.45, 2.75) is 70.6 Å². The second kappa shape index (κ2) is 6.55. The minimum absolute atomic E-state index is 0.343. The van der Waals surface area contributed by atoms with Crippen LogP contribution in [-0.4, -0.2) is 49.3 Å². The number of rotatable bonds is 5. The van der Waals surface area contributed by atoms with Gasteiger partial charge in [0.15, 0.2) is 0 Å². The Morgan fingerprint density at radius 2 is 1.95 bits per heavy atom. The molecule has 2 unspecified atom stereocenters. The SMILES string of the molecule is COC(C)CN1CC(CC(C)C)NCC12CCCC2. The largest absolute Gasteiger partial charge is 0.380 e. The van der Waals surface area contributed by atoms with Crippen LogP contribution < -0.4 is 5.32 Å². The third-order valence-corrected chi connectivity index (χ3v) is 5.00. The van der Waals surface area contributed by atoms with Crippen LogP contribution in [0.2, 0.25) is 0 Å². The summed E-state index contributed by atoms with van der Waals surface area (Å²) in [4.78, 5) is 2.75. The van der Waals surface area contributed by atoms with Gasteiger partial charge in [-0.3, -0.25) is 4.90 Å². The second-order valence-corrected chi connectivity index (χ2v) is 7.09. The van der Waals surface area contributed by atoms with Crippen molar-refractivity contribution in [1.29, 1.82) is 0 Å². The van der Waals surface area contributed by atoms with Crippen molar-refractivity contribution in [3.8, 4) is 0 Å². The Hall–Kier alpha value is -0.120. The van der Waals surface area contributed by atoms with Gasteiger partial charge in [-0.25, -0.2) is 0 Å². The quantitative estimate of drug-likeness (QED) is 0.829. The normalized spacial score (nSPS) is 29.2. The highest BCUT2D eigenvalue weighted by molar-refractivity contribution is 5.02. The summed E-state index contributed by atoms with van der Waals surface area (Å²) in [5.41, 5.74) is 0.431. The molecule has 1 heterocycles. The predicted octanol–water partition coefficient (Wildman–Crippen LogP) is 2.65. The van der Waals surface area contributed by atoms with Gasteiger partial charge in [0, 0.05) is 38.3 Å². The molecule has 1 spiro atoms. The van der Waals surface area contributed by atoms with Crippen LogP contribution in [0.5, 0.6) is 0 Å². The van der Waals surface area contributed by atoms with Gasteiger partial charge in [0.05, 0.1) is 6.10 Å². The molecule has 1 aliphatic carbocycles. The van der Waals surface area contributed by atoms with Gasteiger partial charge >= 0.3 is 0 Å². The van der Waals surface area contributed by atoms with Crippen LogP contribution >= 0.6 is 0 Å². The molecule has 1 saturated heterocycles. The molecule has 112 valence electrons. The molecule has 0 bridgehead atoms. The van der Waals surface area contributed by atoms with E-state index in [4.69, 9.17) is 4.74 Å². The number of piperazine rings is 1. The van der Waals surface area contributed by atoms with Crippen LogP contribution in [0.25, 0.3) is 0 Å². The molecule has 3 nitrogen and oxygen atoms in total. The van der Waals surface area contributed by atoms with E-state index in [2.05, 4.69) is 31.0 Å². The summed E-state index contributed by atoms with van der Waals surface area (Å²) < 4.78 is 5.51. The molecule has 1 saturated carbocycles. The Bertz CT molecular complexity index is 274. The molecule has 0 aromatic carbocycles. The first-order valence-electron chi connectivity index (χ1n) is 8.07. The summed E-state index contributed by atoms with van der Waals surface area (Å²) in [7, 11) is 1.83. The predicted molar refractivity (Wildman–Crippen MR) is 80.5 cm³/mol. The van der Waals surface area contributed by atoms with Crippen molar-refractivity contribution in [3.63, 3.8) is 0 Å². The number of methoxy groups -OCH3 is 1. The van der Waals surface area contributed by atoms with E-state index >= 15 is 0 Å². The minimum atomic E-state index is 0.343. The molecular formula is C16H32N2O. The van der Waals surface area contributed by atoms with Crippen molar-refractivity contribution in [1.82, 2.24) is 10.2 Å². The van der Waals surface area contributed by atoms with Crippen molar-refractivity contribution >= 4 is 0 Å². The van der Waals surface area contributed by atoms with Gasteiger partial charge in [-0.15, -0.1) is 0 Å². The van der Waals surface area contributed by atoms with Gasteiger partial charge < -0.3 is 10.1 Å². The van der Waals surface area contributed by atoms with E-state index in [9.17, 15) is 0 Å². The van der Waals surface area contributed by atoms with Gasteiger partial charge in [-0.05, 0) is 32.1 Å². The average molecular weight is 268 g/mol. The van der Waals surface area contributed by atoms with Crippen molar-refractivity contribution < 1.29 is 4.74 Å². The maximum atomic E-state index is 5.51. The standard InChI is InChI=1S/C16H32N2O/c1-13(2)9-15-11-18(10-14(3)19-4)16(12-17-15)7-5-6-8-16/h13-15,17H,5-12H2,1-4H3. The smallest absolute Gasteiger partial charge is 0.0670 e. The molecule has 0 aromatic rings. The van der Waals surface area contributed by atoms with Gasteiger partial charge in [0.25, 0.3) is 0 Å². The third kappa shape index (κ3) is 3.71. The number of nitrogens with zero attached hydrogens (tertiary/aromatic N) is 1. The van der Waals surface area contributed by atoms with E-state index in [0.29, 0.717) is 17.7 Å². The van der Waals surface area contributed by atoms with Gasteiger partial charge in [0.1, 0.15) is 0 Å². The first-order chi connectivity index (χ1) is 9.05. The number of ether oxygens (including phenoxy) is 1. The zero-order valence-corrected chi connectivity index (χ0v) is 13.2. The highest BCUT2D eigenvalue weighted by Gasteiger charge is 2.43. The van der Waals surface area contributed by atoms with E-state index in [1.54, 1.807) is 0 Å². The molecule has 2 atom stereocenters. The molecular weight excluding hydrogens is 236 g/mol. The average Bonchev–Trinajstić information content (AvgIpc) is 2.82. The van der Waals surface area contributed by atoms with Crippen LogP contribution in [0.4, 0.5) is 0 Å². The molecule has 2 fully saturated rings. The summed E-state index contributed by atoms with van der Waals surface area (Å²) >= 11 is 0. The molecule has 0 amide bonds. The van der Waals surface area contributed by atoms with Crippen LogP contribution in [0, 0.1) is 5.92 Å². The van der Waals surface area contributed by atoms with Crippen LogP contribution in [-0.2, 0) is 4.74 Å². The van der Waals surface area contributed by atoms with Crippen molar-refractivity contribution in [2.75, 3.05) is 26.7 Å². The summed E-state index contributed by atoms with van der Waals surface area (Å²) in [6.07, 6.45) is 7.15. The minimum Gasteiger partial charge on any atom is -0.380 e. The lowest BCUT2D eigenvalue weighted by Gasteiger charge is -2.49. The number of hydrogen-bond donors (Lipinski definition) is 1. The maximum absolute atomic E-state index is 5.51. The lowest BCUT2D eigenvalue weighted by Crippen LogP contribution is -2.64. The molecule has 19 heavy (non-hydrogen) atoms. The van der Waals surface area contributed by atoms with Crippen LogP contribution in [0.3, 0.4) is 0 Å². The van der Waals surface area contributed by atoms with E-state index in [1.165, 1.54) is 45.2 Å². The summed E-state index contributed by atoms with van der Waals surface area (Å²) in [6, 6.07) is 0.662. The lowest BCUT2D eigenvalue weighted by atomic mass is 9.88. The zero-order chi connectivity index (χ0) is 13.9. The van der Waals surface area contributed by atoms with E-state index in [0.717, 1.165) is 12.5 Å². The van der Waals surface area contributed by atoms with Gasteiger partial charge in [-0.2, -0.15) is 0 Å². The first kappa shape index (κ1) is 15.3. The van der Waals surface area contributed by atoms with Crippen LogP contribution in [0.1, 0.15) is 52.9 Å². The summed E-state index contributed by atoms with van der Waals surface area (Å²) in [6.45, 7) is 10.3. The first-order valence-corrected chi connectivity index (χ1v) is 8.07. The summed E-state index contributed by atoms with van der Waals surface area (Å²) in [5, 5.41) is 3.82. The Morgan fingerprint density at radius 1 is 1.26 bits per heavy atom. The Labute approximate surface area is 119 Å². The fourth-order valence-corrected chi connectivity index (χ4v) is 3.88. The Kier molecular flexibility index (Phi) is 5.27. The van der Waals surface area contributed by atoms with E-state index in [-0.39, 0.29) is 0 Å². The molecule has 3 heteroatoms. The zero-order valence-electron chi connectivity index (χ0n) is 13.2. The Morgan fingerprint density at radius 3 is 2.53 bits per heavy atom. The molecule has 2 rings (SSSR count). The highest BCUT2D eigenvalue weighted by Crippen LogP contribution is 2.37. The molecule has 1 N–H and O–H groups in total. The number of hydrogen-bond acceptors (Lipinski definition) is 3.